The molecular weight excluding hydrogens is 398 g/mol. The van der Waals surface area contributed by atoms with Crippen LogP contribution in [-0.4, -0.2) is 28.9 Å². The molecule has 3 aromatic rings. The van der Waals surface area contributed by atoms with Crippen LogP contribution in [0.1, 0.15) is 45.5 Å². The fraction of sp³-hybridized carbons (Fsp3) is 0.296. The van der Waals surface area contributed by atoms with Crippen molar-refractivity contribution in [3.8, 4) is 6.07 Å². The predicted molar refractivity (Wildman–Crippen MR) is 123 cm³/mol. The number of aromatic nitrogens is 1. The lowest BCUT2D eigenvalue weighted by molar-refractivity contribution is 0.0690. The number of piperidine rings is 1. The van der Waals surface area contributed by atoms with Crippen LogP contribution < -0.4 is 0 Å². The van der Waals surface area contributed by atoms with E-state index in [1.807, 2.05) is 17.0 Å². The normalized spacial score (nSPS) is 14.2. The van der Waals surface area contributed by atoms with Crippen LogP contribution in [0, 0.1) is 17.2 Å². The Balaban J connectivity index is 1.22. The van der Waals surface area contributed by atoms with Crippen molar-refractivity contribution in [2.75, 3.05) is 13.1 Å². The molecule has 2 heterocycles. The lowest BCUT2D eigenvalue weighted by atomic mass is 9.89. The molecule has 0 aliphatic carbocycles. The lowest BCUT2D eigenvalue weighted by Crippen LogP contribution is -2.38. The minimum atomic E-state index is 0.0247. The van der Waals surface area contributed by atoms with E-state index in [0.717, 1.165) is 37.9 Å². The van der Waals surface area contributed by atoms with Crippen LogP contribution in [0.25, 0.3) is 0 Å². The number of nitrogens with zero attached hydrogens (tertiary/aromatic N) is 3. The summed E-state index contributed by atoms with van der Waals surface area (Å²) in [4.78, 5) is 18.7. The summed E-state index contributed by atoms with van der Waals surface area (Å²) in [5.41, 5.74) is 4.75. The first kappa shape index (κ1) is 21.7. The molecule has 2 aromatic carbocycles. The molecule has 1 aliphatic rings. The van der Waals surface area contributed by atoms with Gasteiger partial charge in [-0.25, -0.2) is 0 Å². The second kappa shape index (κ2) is 10.7. The molecule has 5 nitrogen and oxygen atoms in total. The summed E-state index contributed by atoms with van der Waals surface area (Å²) in [7, 11) is 0. The molecule has 0 unspecified atom stereocenters. The van der Waals surface area contributed by atoms with Gasteiger partial charge >= 0.3 is 0 Å². The number of ether oxygens (including phenoxy) is 1. The number of hydrogen-bond donors (Lipinski definition) is 0. The van der Waals surface area contributed by atoms with Crippen LogP contribution >= 0.6 is 0 Å². The van der Waals surface area contributed by atoms with Crippen LogP contribution in [0.15, 0.2) is 73.1 Å². The summed E-state index contributed by atoms with van der Waals surface area (Å²) < 4.78 is 5.80. The second-order valence-corrected chi connectivity index (χ2v) is 8.30. The number of nitriles is 1. The van der Waals surface area contributed by atoms with E-state index >= 15 is 0 Å². The van der Waals surface area contributed by atoms with E-state index in [2.05, 4.69) is 35.3 Å². The third-order valence-corrected chi connectivity index (χ3v) is 5.97. The van der Waals surface area contributed by atoms with E-state index in [9.17, 15) is 4.79 Å². The van der Waals surface area contributed by atoms with Crippen molar-refractivity contribution >= 4 is 5.91 Å². The molecule has 0 N–H and O–H groups in total. The van der Waals surface area contributed by atoms with Crippen LogP contribution in [0.5, 0.6) is 0 Å². The molecule has 4 rings (SSSR count). The Morgan fingerprint density at radius 3 is 2.31 bits per heavy atom. The minimum absolute atomic E-state index is 0.0247. The summed E-state index contributed by atoms with van der Waals surface area (Å²) >= 11 is 0. The summed E-state index contributed by atoms with van der Waals surface area (Å²) in [6, 6.07) is 21.7. The summed E-state index contributed by atoms with van der Waals surface area (Å²) in [5.74, 6) is 0.606. The van der Waals surface area contributed by atoms with E-state index < -0.39 is 0 Å². The van der Waals surface area contributed by atoms with E-state index in [-0.39, 0.29) is 5.91 Å². The van der Waals surface area contributed by atoms with Gasteiger partial charge in [0.25, 0.3) is 5.91 Å². The van der Waals surface area contributed by atoms with Gasteiger partial charge in [0.2, 0.25) is 0 Å². The molecule has 1 fully saturated rings. The van der Waals surface area contributed by atoms with Gasteiger partial charge in [-0.1, -0.05) is 30.3 Å². The summed E-state index contributed by atoms with van der Waals surface area (Å²) in [6.07, 6.45) is 6.59. The van der Waals surface area contributed by atoms with E-state index in [1.54, 1.807) is 36.7 Å². The Morgan fingerprint density at radius 1 is 0.969 bits per heavy atom. The van der Waals surface area contributed by atoms with Crippen molar-refractivity contribution in [2.45, 2.75) is 32.5 Å². The first-order chi connectivity index (χ1) is 15.7. The molecule has 0 saturated carbocycles. The molecule has 1 saturated heterocycles. The fourth-order valence-electron chi connectivity index (χ4n) is 4.12. The zero-order valence-corrected chi connectivity index (χ0v) is 18.1. The second-order valence-electron chi connectivity index (χ2n) is 8.30. The molecule has 162 valence electrons. The highest BCUT2D eigenvalue weighted by atomic mass is 16.5. The van der Waals surface area contributed by atoms with Gasteiger partial charge < -0.3 is 9.64 Å². The molecule has 0 radical (unpaired) electrons. The Labute approximate surface area is 189 Å². The highest BCUT2D eigenvalue weighted by molar-refractivity contribution is 5.94. The lowest BCUT2D eigenvalue weighted by Gasteiger charge is -2.32. The van der Waals surface area contributed by atoms with Gasteiger partial charge in [-0.2, -0.15) is 5.26 Å². The zero-order valence-electron chi connectivity index (χ0n) is 18.1. The van der Waals surface area contributed by atoms with Crippen molar-refractivity contribution in [2.24, 2.45) is 5.92 Å². The maximum absolute atomic E-state index is 12.7. The maximum Gasteiger partial charge on any atom is 0.253 e. The fourth-order valence-corrected chi connectivity index (χ4v) is 4.12. The highest BCUT2D eigenvalue weighted by Gasteiger charge is 2.24. The van der Waals surface area contributed by atoms with E-state index in [1.165, 1.54) is 11.1 Å². The van der Waals surface area contributed by atoms with Crippen LogP contribution in [0.3, 0.4) is 0 Å². The van der Waals surface area contributed by atoms with Gasteiger partial charge in [-0.3, -0.25) is 9.78 Å². The molecule has 0 bridgehead atoms. The predicted octanol–water partition coefficient (Wildman–Crippen LogP) is 4.76. The number of carbonyl (C=O) groups excluding carboxylic acids is 1. The van der Waals surface area contributed by atoms with E-state index in [0.29, 0.717) is 30.3 Å². The first-order valence-corrected chi connectivity index (χ1v) is 11.0. The standard InChI is InChI=1S/C27H27N3O2/c28-18-25-2-1-3-26(17-25)27(31)30-14-10-22(11-15-30)16-21-4-6-23(7-5-21)19-32-20-24-8-12-29-13-9-24/h1-9,12-13,17,22H,10-11,14-16,19-20H2. The Kier molecular flexibility index (Phi) is 7.27. The minimum Gasteiger partial charge on any atom is -0.372 e. The maximum atomic E-state index is 12.7. The molecule has 5 heteroatoms. The molecule has 1 aromatic heterocycles. The number of benzene rings is 2. The molecule has 0 spiro atoms. The average Bonchev–Trinajstić information content (AvgIpc) is 2.86. The van der Waals surface area contributed by atoms with Gasteiger partial charge in [0, 0.05) is 31.0 Å². The number of amides is 1. The highest BCUT2D eigenvalue weighted by Crippen LogP contribution is 2.23. The third kappa shape index (κ3) is 5.81. The summed E-state index contributed by atoms with van der Waals surface area (Å²) in [6.45, 7) is 2.71. The number of pyridine rings is 1. The van der Waals surface area contributed by atoms with Crippen molar-refractivity contribution in [1.29, 1.82) is 5.26 Å². The average molecular weight is 426 g/mol. The number of hydrogen-bond acceptors (Lipinski definition) is 4. The molecule has 1 amide bonds. The smallest absolute Gasteiger partial charge is 0.253 e. The van der Waals surface area contributed by atoms with Crippen molar-refractivity contribution in [3.63, 3.8) is 0 Å². The largest absolute Gasteiger partial charge is 0.372 e. The Hall–Kier alpha value is -3.49. The molecule has 0 atom stereocenters. The van der Waals surface area contributed by atoms with Gasteiger partial charge in [0.05, 0.1) is 24.8 Å². The van der Waals surface area contributed by atoms with Crippen LogP contribution in [0.2, 0.25) is 0 Å². The third-order valence-electron chi connectivity index (χ3n) is 5.97. The van der Waals surface area contributed by atoms with Gasteiger partial charge in [-0.05, 0) is 72.2 Å². The quantitative estimate of drug-likeness (QED) is 0.547. The van der Waals surface area contributed by atoms with Gasteiger partial charge in [0.15, 0.2) is 0 Å². The van der Waals surface area contributed by atoms with E-state index in [4.69, 9.17) is 10.00 Å². The molecule has 32 heavy (non-hydrogen) atoms. The summed E-state index contributed by atoms with van der Waals surface area (Å²) in [5, 5.41) is 9.05. The monoisotopic (exact) mass is 425 g/mol. The van der Waals surface area contributed by atoms with Crippen LogP contribution in [0.4, 0.5) is 0 Å². The topological polar surface area (TPSA) is 66.2 Å². The Morgan fingerprint density at radius 2 is 1.62 bits per heavy atom. The number of rotatable bonds is 7. The first-order valence-electron chi connectivity index (χ1n) is 11.0. The molecular formula is C27H27N3O2. The van der Waals surface area contributed by atoms with Crippen molar-refractivity contribution in [1.82, 2.24) is 9.88 Å². The van der Waals surface area contributed by atoms with Crippen molar-refractivity contribution < 1.29 is 9.53 Å². The Bertz CT molecular complexity index is 1070. The van der Waals surface area contributed by atoms with Gasteiger partial charge in [-0.15, -0.1) is 0 Å². The zero-order chi connectivity index (χ0) is 22.2. The van der Waals surface area contributed by atoms with Gasteiger partial charge in [0.1, 0.15) is 0 Å². The van der Waals surface area contributed by atoms with Crippen LogP contribution in [-0.2, 0) is 24.4 Å². The number of carbonyl (C=O) groups is 1. The molecule has 1 aliphatic heterocycles. The number of likely N-dealkylation sites (tertiary alicyclic amines) is 1. The van der Waals surface area contributed by atoms with Crippen molar-refractivity contribution in [3.05, 3.63) is 101 Å². The SMILES string of the molecule is N#Cc1cccc(C(=O)N2CCC(Cc3ccc(COCc4ccncc4)cc3)CC2)c1.